The monoisotopic (exact) mass is 491 g/mol. The molecule has 2 aromatic rings. The molecule has 1 fully saturated rings. The molecule has 6 nitrogen and oxygen atoms in total. The molecule has 0 aromatic carbocycles. The molecular formula is C23H30F5N3O3. The van der Waals surface area contributed by atoms with E-state index in [1.807, 2.05) is 0 Å². The summed E-state index contributed by atoms with van der Waals surface area (Å²) in [6, 6.07) is 0.782. The van der Waals surface area contributed by atoms with Gasteiger partial charge in [-0.25, -0.2) is 13.8 Å². The number of aliphatic hydroxyl groups is 1. The van der Waals surface area contributed by atoms with Gasteiger partial charge in [-0.15, -0.1) is 0 Å². The number of ether oxygens (including phenoxy) is 1. The fraction of sp³-hybridized carbons (Fsp3) is 0.652. The van der Waals surface area contributed by atoms with Crippen LogP contribution in [0.3, 0.4) is 0 Å². The van der Waals surface area contributed by atoms with Crippen LogP contribution in [0, 0.1) is 19.8 Å². The van der Waals surface area contributed by atoms with Crippen LogP contribution in [0.1, 0.15) is 67.7 Å². The Hall–Kier alpha value is -2.43. The van der Waals surface area contributed by atoms with Gasteiger partial charge in [0.1, 0.15) is 5.69 Å². The average Bonchev–Trinajstić information content (AvgIpc) is 2.97. The molecular weight excluding hydrogens is 461 g/mol. The van der Waals surface area contributed by atoms with Crippen molar-refractivity contribution in [1.82, 2.24) is 14.7 Å². The molecule has 0 bridgehead atoms. The molecule has 2 aromatic heterocycles. The van der Waals surface area contributed by atoms with E-state index in [1.54, 1.807) is 26.1 Å². The van der Waals surface area contributed by atoms with E-state index >= 15 is 0 Å². The average molecular weight is 492 g/mol. The van der Waals surface area contributed by atoms with Gasteiger partial charge in [0.05, 0.1) is 23.9 Å². The van der Waals surface area contributed by atoms with E-state index in [4.69, 9.17) is 4.74 Å². The van der Waals surface area contributed by atoms with Crippen LogP contribution in [0.15, 0.2) is 12.3 Å². The summed E-state index contributed by atoms with van der Waals surface area (Å²) in [6.45, 7) is 6.33. The summed E-state index contributed by atoms with van der Waals surface area (Å²) in [4.78, 5) is 17.6. The zero-order valence-electron chi connectivity index (χ0n) is 19.6. The van der Waals surface area contributed by atoms with Crippen molar-refractivity contribution in [2.24, 2.45) is 5.92 Å². The smallest absolute Gasteiger partial charge is 0.389 e. The number of pyridine rings is 1. The number of aromatic nitrogens is 2. The number of imidazole rings is 1. The lowest BCUT2D eigenvalue weighted by atomic mass is 9.82. The highest BCUT2D eigenvalue weighted by Crippen LogP contribution is 2.42. The molecule has 3 rings (SSSR count). The molecule has 1 aliphatic rings. The van der Waals surface area contributed by atoms with E-state index in [1.165, 1.54) is 18.2 Å². The molecule has 1 saturated carbocycles. The molecule has 0 radical (unpaired) electrons. The van der Waals surface area contributed by atoms with Crippen LogP contribution in [-0.2, 0) is 0 Å². The molecule has 2 heterocycles. The van der Waals surface area contributed by atoms with Gasteiger partial charge < -0.3 is 15.2 Å². The lowest BCUT2D eigenvalue weighted by Crippen LogP contribution is -2.49. The van der Waals surface area contributed by atoms with E-state index in [0.29, 0.717) is 17.1 Å². The first kappa shape index (κ1) is 26.2. The van der Waals surface area contributed by atoms with Gasteiger partial charge in [-0.3, -0.25) is 9.20 Å². The number of nitrogens with one attached hydrogen (secondary N) is 1. The highest BCUT2D eigenvalue weighted by atomic mass is 19.4. The second kappa shape index (κ2) is 9.31. The normalized spacial score (nSPS) is 17.5. The number of carbonyl (C=O) groups is 1. The first-order valence-electron chi connectivity index (χ1n) is 11.2. The molecule has 1 unspecified atom stereocenters. The number of fused-ring (bicyclic) bond motifs is 1. The van der Waals surface area contributed by atoms with Gasteiger partial charge in [-0.1, -0.05) is 0 Å². The number of amides is 1. The summed E-state index contributed by atoms with van der Waals surface area (Å²) in [7, 11) is 0. The van der Waals surface area contributed by atoms with E-state index < -0.39 is 36.1 Å². The summed E-state index contributed by atoms with van der Waals surface area (Å²) >= 11 is 0. The van der Waals surface area contributed by atoms with Crippen molar-refractivity contribution in [1.29, 1.82) is 0 Å². The Morgan fingerprint density at radius 1 is 1.32 bits per heavy atom. The summed E-state index contributed by atoms with van der Waals surface area (Å²) in [5.74, 6) is -3.16. The van der Waals surface area contributed by atoms with Crippen molar-refractivity contribution in [2.45, 2.75) is 83.5 Å². The molecule has 190 valence electrons. The molecule has 1 amide bonds. The summed E-state index contributed by atoms with van der Waals surface area (Å²) in [5, 5.41) is 13.1. The third kappa shape index (κ3) is 6.37. The fourth-order valence-corrected chi connectivity index (χ4v) is 4.18. The quantitative estimate of drug-likeness (QED) is 0.486. The van der Waals surface area contributed by atoms with Crippen LogP contribution in [0.4, 0.5) is 22.0 Å². The number of hydrogen-bond acceptors (Lipinski definition) is 4. The Morgan fingerprint density at radius 2 is 1.97 bits per heavy atom. The number of alkyl halides is 5. The first-order chi connectivity index (χ1) is 15.6. The van der Waals surface area contributed by atoms with Crippen molar-refractivity contribution < 1.29 is 36.6 Å². The standard InChI is InChI=1S/C23H30F5N3O3/c1-13-8-16(34-12-15-9-22(24,25)10-15)19-29-14(2)18(31(19)11-13)20(32)30-17(21(3,4)33)6-5-7-23(26,27)28/h8,11,15,17,33H,5-7,9-10,12H2,1-4H3,(H,30,32). The second-order valence-electron chi connectivity index (χ2n) is 9.75. The zero-order chi connectivity index (χ0) is 25.5. The summed E-state index contributed by atoms with van der Waals surface area (Å²) < 4.78 is 71.2. The van der Waals surface area contributed by atoms with Gasteiger partial charge in [-0.05, 0) is 52.2 Å². The topological polar surface area (TPSA) is 75.9 Å². The van der Waals surface area contributed by atoms with Crippen molar-refractivity contribution >= 4 is 11.6 Å². The van der Waals surface area contributed by atoms with Crippen LogP contribution in [-0.4, -0.2) is 50.7 Å². The lowest BCUT2D eigenvalue weighted by Gasteiger charge is -2.34. The molecule has 0 spiro atoms. The van der Waals surface area contributed by atoms with Gasteiger partial charge in [-0.2, -0.15) is 13.2 Å². The predicted molar refractivity (Wildman–Crippen MR) is 115 cm³/mol. The lowest BCUT2D eigenvalue weighted by molar-refractivity contribution is -0.136. The van der Waals surface area contributed by atoms with Crippen molar-refractivity contribution in [3.63, 3.8) is 0 Å². The number of carbonyl (C=O) groups excluding carboxylic acids is 1. The Bertz CT molecular complexity index is 1040. The van der Waals surface area contributed by atoms with E-state index in [-0.39, 0.29) is 43.9 Å². The van der Waals surface area contributed by atoms with Crippen molar-refractivity contribution in [2.75, 3.05) is 6.61 Å². The first-order valence-corrected chi connectivity index (χ1v) is 11.2. The molecule has 2 N–H and O–H groups in total. The second-order valence-corrected chi connectivity index (χ2v) is 9.75. The maximum atomic E-state index is 13.1. The van der Waals surface area contributed by atoms with Crippen molar-refractivity contribution in [3.8, 4) is 5.75 Å². The third-order valence-corrected chi connectivity index (χ3v) is 5.97. The van der Waals surface area contributed by atoms with Crippen LogP contribution in [0.2, 0.25) is 0 Å². The van der Waals surface area contributed by atoms with E-state index in [2.05, 4.69) is 10.3 Å². The van der Waals surface area contributed by atoms with Gasteiger partial charge in [0.25, 0.3) is 5.91 Å². The maximum Gasteiger partial charge on any atom is 0.389 e. The Balaban J connectivity index is 1.80. The zero-order valence-corrected chi connectivity index (χ0v) is 19.6. The number of rotatable bonds is 9. The largest absolute Gasteiger partial charge is 0.489 e. The molecule has 11 heteroatoms. The minimum atomic E-state index is -4.32. The van der Waals surface area contributed by atoms with Crippen LogP contribution in [0.25, 0.3) is 5.65 Å². The van der Waals surface area contributed by atoms with Gasteiger partial charge in [0.2, 0.25) is 5.92 Å². The third-order valence-electron chi connectivity index (χ3n) is 5.97. The molecule has 1 atom stereocenters. The number of hydrogen-bond donors (Lipinski definition) is 2. The van der Waals surface area contributed by atoms with Crippen LogP contribution in [0.5, 0.6) is 5.75 Å². The minimum absolute atomic E-state index is 0.0655. The number of halogens is 5. The summed E-state index contributed by atoms with van der Waals surface area (Å²) in [6.07, 6.45) is -4.46. The number of nitrogens with zero attached hydrogens (tertiary/aromatic N) is 2. The molecule has 34 heavy (non-hydrogen) atoms. The maximum absolute atomic E-state index is 13.1. The molecule has 0 saturated heterocycles. The SMILES string of the molecule is Cc1cc(OCC2CC(F)(F)C2)c2nc(C)c(C(=O)NC(CCCC(F)(F)F)C(C)(C)O)n2c1. The highest BCUT2D eigenvalue weighted by molar-refractivity contribution is 5.95. The van der Waals surface area contributed by atoms with E-state index in [0.717, 1.165) is 5.56 Å². The summed E-state index contributed by atoms with van der Waals surface area (Å²) in [5.41, 5.74) is 0.120. The molecule has 1 aliphatic carbocycles. The number of aryl methyl sites for hydroxylation is 2. The van der Waals surface area contributed by atoms with Gasteiger partial charge >= 0.3 is 6.18 Å². The Labute approximate surface area is 194 Å². The van der Waals surface area contributed by atoms with Gasteiger partial charge in [0.15, 0.2) is 11.4 Å². The molecule has 0 aliphatic heterocycles. The van der Waals surface area contributed by atoms with Gasteiger partial charge in [0, 0.05) is 31.4 Å². The fourth-order valence-electron chi connectivity index (χ4n) is 4.18. The Kier molecular flexibility index (Phi) is 7.17. The van der Waals surface area contributed by atoms with Crippen LogP contribution >= 0.6 is 0 Å². The highest BCUT2D eigenvalue weighted by Gasteiger charge is 2.45. The van der Waals surface area contributed by atoms with Crippen molar-refractivity contribution in [3.05, 3.63) is 29.2 Å². The predicted octanol–water partition coefficient (Wildman–Crippen LogP) is 4.98. The Morgan fingerprint density at radius 3 is 2.53 bits per heavy atom. The van der Waals surface area contributed by atoms with Crippen LogP contribution < -0.4 is 10.1 Å². The van der Waals surface area contributed by atoms with E-state index in [9.17, 15) is 31.9 Å². The minimum Gasteiger partial charge on any atom is -0.489 e.